The van der Waals surface area contributed by atoms with Crippen molar-refractivity contribution in [2.24, 2.45) is 0 Å². The van der Waals surface area contributed by atoms with Crippen molar-refractivity contribution >= 4 is 5.91 Å². The van der Waals surface area contributed by atoms with Crippen LogP contribution in [0.2, 0.25) is 0 Å². The van der Waals surface area contributed by atoms with Crippen LogP contribution in [0.3, 0.4) is 0 Å². The molecule has 0 aromatic carbocycles. The first-order valence-electron chi connectivity index (χ1n) is 8.37. The van der Waals surface area contributed by atoms with Crippen LogP contribution >= 0.6 is 0 Å². The predicted octanol–water partition coefficient (Wildman–Crippen LogP) is 1.58. The SMILES string of the molecule is Cc1ccnc(C2CN(C(=O)c3ccc(-n4cccn4)nc3)CCO2)n1. The van der Waals surface area contributed by atoms with E-state index >= 15 is 0 Å². The smallest absolute Gasteiger partial charge is 0.255 e. The number of hydrogen-bond donors (Lipinski definition) is 0. The van der Waals surface area contributed by atoms with Crippen molar-refractivity contribution in [2.75, 3.05) is 19.7 Å². The lowest BCUT2D eigenvalue weighted by Crippen LogP contribution is -2.42. The number of morpholine rings is 1. The number of aryl methyl sites for hydroxylation is 1. The lowest BCUT2D eigenvalue weighted by Gasteiger charge is -2.32. The first-order chi connectivity index (χ1) is 12.7. The van der Waals surface area contributed by atoms with E-state index in [9.17, 15) is 4.79 Å². The number of carbonyl (C=O) groups is 1. The highest BCUT2D eigenvalue weighted by atomic mass is 16.5. The summed E-state index contributed by atoms with van der Waals surface area (Å²) >= 11 is 0. The van der Waals surface area contributed by atoms with Gasteiger partial charge in [0, 0.05) is 37.0 Å². The van der Waals surface area contributed by atoms with Gasteiger partial charge in [0.15, 0.2) is 11.6 Å². The molecular formula is C18H18N6O2. The molecule has 4 rings (SSSR count). The van der Waals surface area contributed by atoms with Crippen molar-refractivity contribution in [2.45, 2.75) is 13.0 Å². The number of aromatic nitrogens is 5. The largest absolute Gasteiger partial charge is 0.367 e. The first-order valence-corrected chi connectivity index (χ1v) is 8.37. The number of rotatable bonds is 3. The van der Waals surface area contributed by atoms with Crippen LogP contribution in [0, 0.1) is 6.92 Å². The molecule has 0 bridgehead atoms. The molecule has 132 valence electrons. The highest BCUT2D eigenvalue weighted by Gasteiger charge is 2.28. The monoisotopic (exact) mass is 350 g/mol. The highest BCUT2D eigenvalue weighted by molar-refractivity contribution is 5.94. The molecular weight excluding hydrogens is 332 g/mol. The zero-order valence-corrected chi connectivity index (χ0v) is 14.3. The van der Waals surface area contributed by atoms with Crippen molar-refractivity contribution in [1.29, 1.82) is 0 Å². The van der Waals surface area contributed by atoms with Gasteiger partial charge < -0.3 is 9.64 Å². The molecule has 1 aliphatic heterocycles. The van der Waals surface area contributed by atoms with Gasteiger partial charge in [-0.1, -0.05) is 0 Å². The van der Waals surface area contributed by atoms with Gasteiger partial charge >= 0.3 is 0 Å². The first kappa shape index (κ1) is 16.3. The van der Waals surface area contributed by atoms with Crippen LogP contribution in [0.25, 0.3) is 5.82 Å². The zero-order chi connectivity index (χ0) is 17.9. The average Bonchev–Trinajstić information content (AvgIpc) is 3.22. The van der Waals surface area contributed by atoms with Gasteiger partial charge in [-0.25, -0.2) is 19.6 Å². The summed E-state index contributed by atoms with van der Waals surface area (Å²) in [4.78, 5) is 27.6. The molecule has 1 atom stereocenters. The van der Waals surface area contributed by atoms with Gasteiger partial charge in [-0.2, -0.15) is 5.10 Å². The van der Waals surface area contributed by atoms with E-state index in [4.69, 9.17) is 4.74 Å². The molecule has 0 radical (unpaired) electrons. The number of ether oxygens (including phenoxy) is 1. The zero-order valence-electron chi connectivity index (χ0n) is 14.3. The summed E-state index contributed by atoms with van der Waals surface area (Å²) in [6.07, 6.45) is 6.45. The molecule has 1 saturated heterocycles. The Morgan fingerprint density at radius 1 is 1.23 bits per heavy atom. The van der Waals surface area contributed by atoms with Gasteiger partial charge in [-0.3, -0.25) is 4.79 Å². The second kappa shape index (κ2) is 7.01. The van der Waals surface area contributed by atoms with Crippen LogP contribution in [-0.2, 0) is 4.74 Å². The van der Waals surface area contributed by atoms with Crippen molar-refractivity contribution in [3.05, 3.63) is 66.1 Å². The molecule has 0 spiro atoms. The molecule has 1 fully saturated rings. The van der Waals surface area contributed by atoms with Gasteiger partial charge in [0.25, 0.3) is 5.91 Å². The Morgan fingerprint density at radius 2 is 2.15 bits per heavy atom. The van der Waals surface area contributed by atoms with E-state index in [-0.39, 0.29) is 12.0 Å². The molecule has 3 aromatic rings. The van der Waals surface area contributed by atoms with Crippen LogP contribution in [0.4, 0.5) is 0 Å². The normalized spacial score (nSPS) is 17.3. The summed E-state index contributed by atoms with van der Waals surface area (Å²) in [6, 6.07) is 7.20. The van der Waals surface area contributed by atoms with Crippen molar-refractivity contribution in [3.63, 3.8) is 0 Å². The fourth-order valence-electron chi connectivity index (χ4n) is 2.85. The third-order valence-electron chi connectivity index (χ3n) is 4.19. The van der Waals surface area contributed by atoms with Gasteiger partial charge in [0.1, 0.15) is 6.10 Å². The molecule has 0 aliphatic carbocycles. The van der Waals surface area contributed by atoms with E-state index in [1.165, 1.54) is 0 Å². The number of hydrogen-bond acceptors (Lipinski definition) is 6. The number of nitrogens with zero attached hydrogens (tertiary/aromatic N) is 6. The Morgan fingerprint density at radius 3 is 2.88 bits per heavy atom. The van der Waals surface area contributed by atoms with Gasteiger partial charge in [-0.15, -0.1) is 0 Å². The van der Waals surface area contributed by atoms with Gasteiger partial charge in [0.2, 0.25) is 0 Å². The van der Waals surface area contributed by atoms with Crippen LogP contribution in [0.1, 0.15) is 28.0 Å². The van der Waals surface area contributed by atoms with E-state index in [2.05, 4.69) is 20.1 Å². The summed E-state index contributed by atoms with van der Waals surface area (Å²) in [6.45, 7) is 3.31. The Labute approximate surface area is 150 Å². The summed E-state index contributed by atoms with van der Waals surface area (Å²) in [5.41, 5.74) is 1.41. The standard InChI is InChI=1S/C18H18N6O2/c1-13-5-7-19-17(22-13)15-12-23(9-10-26-15)18(25)14-3-4-16(20-11-14)24-8-2-6-21-24/h2-8,11,15H,9-10,12H2,1H3. The molecule has 4 heterocycles. The average molecular weight is 350 g/mol. The molecule has 1 amide bonds. The van der Waals surface area contributed by atoms with Crippen LogP contribution in [0.5, 0.6) is 0 Å². The lowest BCUT2D eigenvalue weighted by molar-refractivity contribution is -0.0269. The van der Waals surface area contributed by atoms with Crippen LogP contribution in [0.15, 0.2) is 49.1 Å². The molecule has 0 N–H and O–H groups in total. The maximum absolute atomic E-state index is 12.8. The van der Waals surface area contributed by atoms with Crippen molar-refractivity contribution < 1.29 is 9.53 Å². The number of carbonyl (C=O) groups excluding carboxylic acids is 1. The van der Waals surface area contributed by atoms with Gasteiger partial charge in [0.05, 0.1) is 18.7 Å². The second-order valence-corrected chi connectivity index (χ2v) is 6.02. The van der Waals surface area contributed by atoms with E-state index in [1.54, 1.807) is 46.5 Å². The summed E-state index contributed by atoms with van der Waals surface area (Å²) in [7, 11) is 0. The maximum atomic E-state index is 12.8. The summed E-state index contributed by atoms with van der Waals surface area (Å²) in [5, 5.41) is 4.13. The Bertz CT molecular complexity index is 894. The van der Waals surface area contributed by atoms with Crippen LogP contribution < -0.4 is 0 Å². The quantitative estimate of drug-likeness (QED) is 0.713. The second-order valence-electron chi connectivity index (χ2n) is 6.02. The van der Waals surface area contributed by atoms with Crippen LogP contribution in [-0.4, -0.2) is 55.2 Å². The molecule has 26 heavy (non-hydrogen) atoms. The van der Waals surface area contributed by atoms with E-state index in [0.29, 0.717) is 36.9 Å². The molecule has 3 aromatic heterocycles. The van der Waals surface area contributed by atoms with E-state index in [1.807, 2.05) is 19.1 Å². The third-order valence-corrected chi connectivity index (χ3v) is 4.19. The van der Waals surface area contributed by atoms with E-state index in [0.717, 1.165) is 5.69 Å². The molecule has 1 unspecified atom stereocenters. The highest BCUT2D eigenvalue weighted by Crippen LogP contribution is 2.20. The number of amides is 1. The summed E-state index contributed by atoms with van der Waals surface area (Å²) in [5.74, 6) is 1.19. The fourth-order valence-corrected chi connectivity index (χ4v) is 2.85. The minimum atomic E-state index is -0.316. The maximum Gasteiger partial charge on any atom is 0.255 e. The minimum Gasteiger partial charge on any atom is -0.367 e. The van der Waals surface area contributed by atoms with Crippen molar-refractivity contribution in [3.8, 4) is 5.82 Å². The molecule has 1 aliphatic rings. The Balaban J connectivity index is 1.49. The fraction of sp³-hybridized carbons (Fsp3) is 0.278. The molecule has 8 heteroatoms. The topological polar surface area (TPSA) is 86.0 Å². The molecule has 8 nitrogen and oxygen atoms in total. The third kappa shape index (κ3) is 3.31. The predicted molar refractivity (Wildman–Crippen MR) is 92.7 cm³/mol. The Hall–Kier alpha value is -3.13. The van der Waals surface area contributed by atoms with Gasteiger partial charge in [-0.05, 0) is 31.2 Å². The van der Waals surface area contributed by atoms with Crippen molar-refractivity contribution in [1.82, 2.24) is 29.6 Å². The van der Waals surface area contributed by atoms with E-state index < -0.39 is 0 Å². The Kier molecular flexibility index (Phi) is 4.40. The molecule has 0 saturated carbocycles. The lowest BCUT2D eigenvalue weighted by atomic mass is 10.2. The summed E-state index contributed by atoms with van der Waals surface area (Å²) < 4.78 is 7.40. The number of pyridine rings is 1. The minimum absolute atomic E-state index is 0.0783.